The molecular formula is C29H30FN4O2. The Morgan fingerprint density at radius 2 is 1.75 bits per heavy atom. The smallest absolute Gasteiger partial charge is 0.250 e. The summed E-state index contributed by atoms with van der Waals surface area (Å²) in [6, 6.07) is 18.7. The maximum absolute atomic E-state index is 14.1. The van der Waals surface area contributed by atoms with E-state index in [2.05, 4.69) is 53.2 Å². The predicted molar refractivity (Wildman–Crippen MR) is 141 cm³/mol. The van der Waals surface area contributed by atoms with Crippen LogP contribution in [0.15, 0.2) is 60.7 Å². The lowest BCUT2D eigenvalue weighted by molar-refractivity contribution is 0.100. The van der Waals surface area contributed by atoms with E-state index in [4.69, 9.17) is 5.73 Å². The minimum absolute atomic E-state index is 0.0197. The molecule has 3 aromatic rings. The van der Waals surface area contributed by atoms with Crippen LogP contribution in [0.5, 0.6) is 0 Å². The molecule has 0 spiro atoms. The minimum atomic E-state index is -0.417. The van der Waals surface area contributed by atoms with E-state index in [0.29, 0.717) is 11.3 Å². The van der Waals surface area contributed by atoms with Gasteiger partial charge in [-0.15, -0.1) is 0 Å². The van der Waals surface area contributed by atoms with Crippen LogP contribution >= 0.6 is 0 Å². The summed E-state index contributed by atoms with van der Waals surface area (Å²) in [4.78, 5) is 28.0. The Bertz CT molecular complexity index is 1310. The summed E-state index contributed by atoms with van der Waals surface area (Å²) in [5, 5.41) is 3.49. The van der Waals surface area contributed by atoms with Crippen molar-refractivity contribution in [1.29, 1.82) is 0 Å². The minimum Gasteiger partial charge on any atom is -0.377 e. The first-order valence-electron chi connectivity index (χ1n) is 12.2. The number of hydrogen-bond donors (Lipinski definition) is 2. The largest absolute Gasteiger partial charge is 0.377 e. The Hall–Kier alpha value is -3.87. The van der Waals surface area contributed by atoms with E-state index >= 15 is 0 Å². The van der Waals surface area contributed by atoms with Gasteiger partial charge >= 0.3 is 0 Å². The number of carbonyl (C=O) groups is 1. The van der Waals surface area contributed by atoms with Crippen LogP contribution in [-0.4, -0.2) is 38.4 Å². The zero-order valence-electron chi connectivity index (χ0n) is 20.6. The van der Waals surface area contributed by atoms with Crippen molar-refractivity contribution in [3.05, 3.63) is 88.7 Å². The van der Waals surface area contributed by atoms with Crippen LogP contribution in [0.3, 0.4) is 0 Å². The summed E-state index contributed by atoms with van der Waals surface area (Å²) < 4.78 is 14.1. The monoisotopic (exact) mass is 485 g/mol. The highest BCUT2D eigenvalue weighted by Crippen LogP contribution is 2.45. The van der Waals surface area contributed by atoms with E-state index < -0.39 is 11.7 Å². The number of hydrogen-bond acceptors (Lipinski definition) is 5. The van der Waals surface area contributed by atoms with Crippen LogP contribution in [0.1, 0.15) is 53.4 Å². The topological polar surface area (TPSA) is 78.7 Å². The van der Waals surface area contributed by atoms with Crippen molar-refractivity contribution in [3.8, 4) is 0 Å². The van der Waals surface area contributed by atoms with Crippen molar-refractivity contribution >= 4 is 29.3 Å². The van der Waals surface area contributed by atoms with Crippen molar-refractivity contribution in [2.24, 2.45) is 5.73 Å². The molecule has 3 aromatic carbocycles. The molecule has 1 atom stereocenters. The second-order valence-electron chi connectivity index (χ2n) is 10.2. The van der Waals surface area contributed by atoms with Gasteiger partial charge in [-0.1, -0.05) is 38.1 Å². The SMILES string of the molecule is CC1(C)CC(c2cccc(N3CCN(c4ccccc4C(N)=O)CC3)c2)Nc2c([C]=O)cc(F)cc21. The first kappa shape index (κ1) is 23.9. The van der Waals surface area contributed by atoms with Gasteiger partial charge in [0.2, 0.25) is 6.29 Å². The molecule has 6 nitrogen and oxygen atoms in total. The first-order chi connectivity index (χ1) is 17.3. The third kappa shape index (κ3) is 4.41. The number of carbonyl (C=O) groups excluding carboxylic acids is 2. The molecule has 0 bridgehead atoms. The van der Waals surface area contributed by atoms with E-state index in [1.54, 1.807) is 6.07 Å². The van der Waals surface area contributed by atoms with Crippen molar-refractivity contribution < 1.29 is 14.0 Å². The third-order valence-corrected chi connectivity index (χ3v) is 7.40. The number of benzene rings is 3. The maximum Gasteiger partial charge on any atom is 0.250 e. The van der Waals surface area contributed by atoms with E-state index in [1.165, 1.54) is 12.1 Å². The number of rotatable bonds is 5. The fourth-order valence-electron chi connectivity index (χ4n) is 5.52. The van der Waals surface area contributed by atoms with Crippen LogP contribution in [0.25, 0.3) is 0 Å². The highest BCUT2D eigenvalue weighted by molar-refractivity contribution is 5.98. The van der Waals surface area contributed by atoms with Gasteiger partial charge in [-0.2, -0.15) is 0 Å². The van der Waals surface area contributed by atoms with E-state index in [1.807, 2.05) is 24.5 Å². The highest BCUT2D eigenvalue weighted by atomic mass is 19.1. The molecule has 3 N–H and O–H groups in total. The second-order valence-corrected chi connectivity index (χ2v) is 10.2. The molecular weight excluding hydrogens is 455 g/mol. The number of piperazine rings is 1. The highest BCUT2D eigenvalue weighted by Gasteiger charge is 2.35. The number of halogens is 1. The summed E-state index contributed by atoms with van der Waals surface area (Å²) in [5.41, 5.74) is 10.6. The lowest BCUT2D eigenvalue weighted by Crippen LogP contribution is -2.47. The average molecular weight is 486 g/mol. The first-order valence-corrected chi connectivity index (χ1v) is 12.2. The van der Waals surface area contributed by atoms with Gasteiger partial charge in [0.05, 0.1) is 17.2 Å². The Labute approximate surface area is 210 Å². The summed E-state index contributed by atoms with van der Waals surface area (Å²) in [7, 11) is 0. The molecule has 0 aromatic heterocycles. The molecule has 2 aliphatic rings. The van der Waals surface area contributed by atoms with Crippen LogP contribution in [0.4, 0.5) is 21.5 Å². The fourth-order valence-corrected chi connectivity index (χ4v) is 5.52. The number of para-hydroxylation sites is 1. The number of nitrogens with two attached hydrogens (primary N) is 1. The standard InChI is InChI=1S/C29H30FN4O2/c1-29(2)17-25(32-27-20(18-35)14-21(30)16-24(27)29)19-6-5-7-22(15-19)33-10-12-34(13-11-33)26-9-4-3-8-23(26)28(31)36/h3-9,14-16,25,32H,10-13,17H2,1-2H3,(H2,31,36). The molecule has 2 aliphatic heterocycles. The average Bonchev–Trinajstić information content (AvgIpc) is 2.88. The van der Waals surface area contributed by atoms with Gasteiger partial charge in [-0.05, 0) is 59.4 Å². The molecule has 1 amide bonds. The molecule has 1 fully saturated rings. The molecule has 36 heavy (non-hydrogen) atoms. The van der Waals surface area contributed by atoms with Crippen LogP contribution in [0.2, 0.25) is 0 Å². The zero-order chi connectivity index (χ0) is 25.4. The van der Waals surface area contributed by atoms with Crippen molar-refractivity contribution in [2.45, 2.75) is 31.7 Å². The molecule has 1 unspecified atom stereocenters. The number of nitrogens with zero attached hydrogens (tertiary/aromatic N) is 2. The molecule has 1 saturated heterocycles. The summed E-state index contributed by atoms with van der Waals surface area (Å²) in [6.07, 6.45) is 2.67. The summed E-state index contributed by atoms with van der Waals surface area (Å²) >= 11 is 0. The Morgan fingerprint density at radius 1 is 1.03 bits per heavy atom. The number of nitrogens with one attached hydrogen (secondary N) is 1. The van der Waals surface area contributed by atoms with Gasteiger partial charge in [0, 0.05) is 43.2 Å². The van der Waals surface area contributed by atoms with Crippen LogP contribution < -0.4 is 20.9 Å². The maximum atomic E-state index is 14.1. The summed E-state index contributed by atoms with van der Waals surface area (Å²) in [5.74, 6) is -0.830. The van der Waals surface area contributed by atoms with Crippen molar-refractivity contribution in [2.75, 3.05) is 41.3 Å². The third-order valence-electron chi connectivity index (χ3n) is 7.40. The number of primary amides is 1. The van der Waals surface area contributed by atoms with E-state index in [9.17, 15) is 14.0 Å². The normalized spacial score (nSPS) is 18.8. The quantitative estimate of drug-likeness (QED) is 0.555. The van der Waals surface area contributed by atoms with E-state index in [-0.39, 0.29) is 17.0 Å². The molecule has 0 saturated carbocycles. The van der Waals surface area contributed by atoms with Gasteiger partial charge < -0.3 is 20.9 Å². The Morgan fingerprint density at radius 3 is 2.47 bits per heavy atom. The Balaban J connectivity index is 1.35. The van der Waals surface area contributed by atoms with Gasteiger partial charge in [0.25, 0.3) is 5.91 Å². The van der Waals surface area contributed by atoms with E-state index in [0.717, 1.165) is 55.1 Å². The Kier molecular flexibility index (Phi) is 6.16. The zero-order valence-corrected chi connectivity index (χ0v) is 20.6. The summed E-state index contributed by atoms with van der Waals surface area (Å²) in [6.45, 7) is 7.35. The fraction of sp³-hybridized carbons (Fsp3) is 0.310. The predicted octanol–water partition coefficient (Wildman–Crippen LogP) is 4.54. The van der Waals surface area contributed by atoms with Gasteiger partial charge in [0.1, 0.15) is 5.82 Å². The molecule has 5 rings (SSSR count). The molecule has 0 aliphatic carbocycles. The van der Waals surface area contributed by atoms with Gasteiger partial charge in [0.15, 0.2) is 0 Å². The molecule has 185 valence electrons. The molecule has 7 heteroatoms. The number of amides is 1. The van der Waals surface area contributed by atoms with Crippen LogP contribution in [-0.2, 0) is 10.2 Å². The molecule has 2 heterocycles. The van der Waals surface area contributed by atoms with Gasteiger partial charge in [-0.25, -0.2) is 4.39 Å². The molecule has 1 radical (unpaired) electrons. The van der Waals surface area contributed by atoms with Crippen LogP contribution in [0, 0.1) is 5.82 Å². The number of anilines is 3. The van der Waals surface area contributed by atoms with Crippen molar-refractivity contribution in [3.63, 3.8) is 0 Å². The van der Waals surface area contributed by atoms with Crippen molar-refractivity contribution in [1.82, 2.24) is 0 Å². The van der Waals surface area contributed by atoms with Gasteiger partial charge in [-0.3, -0.25) is 9.59 Å². The lowest BCUT2D eigenvalue weighted by atomic mass is 9.73. The second kappa shape index (κ2) is 9.30. The lowest BCUT2D eigenvalue weighted by Gasteiger charge is -2.40. The number of fused-ring (bicyclic) bond motifs is 1.